The molecule has 1 amide bonds. The molecule has 0 fully saturated rings. The highest BCUT2D eigenvalue weighted by atomic mass is 16.3. The van der Waals surface area contributed by atoms with E-state index in [1.54, 1.807) is 23.0 Å². The molecule has 2 N–H and O–H groups in total. The van der Waals surface area contributed by atoms with Gasteiger partial charge in [-0.15, -0.1) is 0 Å². The van der Waals surface area contributed by atoms with Crippen LogP contribution < -0.4 is 5.32 Å². The van der Waals surface area contributed by atoms with E-state index in [1.165, 1.54) is 0 Å². The fraction of sp³-hybridized carbons (Fsp3) is 0.625. The van der Waals surface area contributed by atoms with Crippen LogP contribution in [0.2, 0.25) is 0 Å². The van der Waals surface area contributed by atoms with Crippen LogP contribution in [0.15, 0.2) is 12.3 Å². The summed E-state index contributed by atoms with van der Waals surface area (Å²) in [7, 11) is 1.87. The third-order valence-corrected chi connectivity index (χ3v) is 4.47. The lowest BCUT2D eigenvalue weighted by atomic mass is 9.79. The predicted molar refractivity (Wildman–Crippen MR) is 84.7 cm³/mol. The van der Waals surface area contributed by atoms with Gasteiger partial charge < -0.3 is 10.4 Å². The van der Waals surface area contributed by atoms with Crippen molar-refractivity contribution in [3.05, 3.63) is 23.5 Å². The highest BCUT2D eigenvalue weighted by Gasteiger charge is 2.25. The summed E-state index contributed by atoms with van der Waals surface area (Å²) < 4.78 is 1.78. The van der Waals surface area contributed by atoms with Crippen molar-refractivity contribution in [1.29, 1.82) is 0 Å². The van der Waals surface area contributed by atoms with Gasteiger partial charge in [-0.1, -0.05) is 13.8 Å². The number of amides is 1. The Morgan fingerprint density at radius 2 is 2.14 bits per heavy atom. The number of aliphatic hydroxyl groups excluding tert-OH is 1. The molecule has 0 aliphatic heterocycles. The van der Waals surface area contributed by atoms with Crippen LogP contribution in [-0.4, -0.2) is 33.9 Å². The summed E-state index contributed by atoms with van der Waals surface area (Å²) in [5.74, 6) is -0.109. The number of carbonyl (C=O) groups excluding carboxylic acids is 1. The van der Waals surface area contributed by atoms with Crippen molar-refractivity contribution in [3.8, 4) is 0 Å². The van der Waals surface area contributed by atoms with Crippen LogP contribution >= 0.6 is 0 Å². The first-order valence-electron chi connectivity index (χ1n) is 7.53. The van der Waals surface area contributed by atoms with Gasteiger partial charge in [-0.05, 0) is 37.7 Å². The number of nitrogens with zero attached hydrogens (tertiary/aromatic N) is 2. The maximum absolute atomic E-state index is 11.9. The van der Waals surface area contributed by atoms with Gasteiger partial charge in [-0.2, -0.15) is 5.10 Å². The molecule has 1 aromatic heterocycles. The lowest BCUT2D eigenvalue weighted by Crippen LogP contribution is -2.36. The molecule has 0 aliphatic rings. The highest BCUT2D eigenvalue weighted by Crippen LogP contribution is 2.29. The Balaban J connectivity index is 2.59. The molecule has 0 bridgehead atoms. The summed E-state index contributed by atoms with van der Waals surface area (Å²) in [6.45, 7) is 6.91. The van der Waals surface area contributed by atoms with Crippen LogP contribution in [0.4, 0.5) is 0 Å². The van der Waals surface area contributed by atoms with Gasteiger partial charge in [0.15, 0.2) is 0 Å². The lowest BCUT2D eigenvalue weighted by Gasteiger charge is -2.31. The first-order chi connectivity index (χ1) is 9.98. The Kier molecular flexibility index (Phi) is 6.62. The third-order valence-electron chi connectivity index (χ3n) is 4.47. The molecule has 118 valence electrons. The first-order valence-corrected chi connectivity index (χ1v) is 7.53. The van der Waals surface area contributed by atoms with Crippen LogP contribution in [0.1, 0.15) is 44.4 Å². The molecule has 5 nitrogen and oxygen atoms in total. The van der Waals surface area contributed by atoms with Crippen LogP contribution in [-0.2, 0) is 11.8 Å². The number of hydrogen-bond donors (Lipinski definition) is 2. The van der Waals surface area contributed by atoms with Gasteiger partial charge in [0.05, 0.1) is 6.20 Å². The van der Waals surface area contributed by atoms with Gasteiger partial charge in [0.1, 0.15) is 0 Å². The van der Waals surface area contributed by atoms with Gasteiger partial charge in [-0.25, -0.2) is 0 Å². The molecule has 0 saturated heterocycles. The van der Waals surface area contributed by atoms with Crippen LogP contribution in [0.25, 0.3) is 6.08 Å². The summed E-state index contributed by atoms with van der Waals surface area (Å²) in [5.41, 5.74) is 1.96. The summed E-state index contributed by atoms with van der Waals surface area (Å²) in [4.78, 5) is 11.9. The molecular weight excluding hydrogens is 266 g/mol. The number of aromatic nitrogens is 2. The van der Waals surface area contributed by atoms with Crippen molar-refractivity contribution in [3.63, 3.8) is 0 Å². The van der Waals surface area contributed by atoms with Crippen LogP contribution in [0.5, 0.6) is 0 Å². The molecule has 0 aromatic carbocycles. The second-order valence-electron chi connectivity index (χ2n) is 5.54. The summed E-state index contributed by atoms with van der Waals surface area (Å²) in [6.07, 6.45) is 7.66. The highest BCUT2D eigenvalue weighted by molar-refractivity contribution is 5.91. The van der Waals surface area contributed by atoms with E-state index >= 15 is 0 Å². The average molecular weight is 293 g/mol. The van der Waals surface area contributed by atoms with E-state index in [2.05, 4.69) is 24.3 Å². The molecule has 0 atom stereocenters. The number of hydrogen-bond acceptors (Lipinski definition) is 3. The standard InChI is InChI=1S/C16H27N3O2/c1-5-16(6-2,9-10-20)12-17-15(21)8-7-14-11-18-19(4)13(14)3/h7-8,11,20H,5-6,9-10,12H2,1-4H3,(H,17,21)/b8-7+. The minimum atomic E-state index is -0.109. The zero-order chi connectivity index (χ0) is 15.9. The molecule has 1 heterocycles. The van der Waals surface area contributed by atoms with Crippen LogP contribution in [0, 0.1) is 12.3 Å². The minimum Gasteiger partial charge on any atom is -0.396 e. The Hall–Kier alpha value is -1.62. The van der Waals surface area contributed by atoms with Crippen molar-refractivity contribution < 1.29 is 9.90 Å². The van der Waals surface area contributed by atoms with E-state index in [9.17, 15) is 9.90 Å². The summed E-state index contributed by atoms with van der Waals surface area (Å²) in [6, 6.07) is 0. The van der Waals surface area contributed by atoms with Gasteiger partial charge in [0.25, 0.3) is 0 Å². The van der Waals surface area contributed by atoms with E-state index in [-0.39, 0.29) is 17.9 Å². The maximum atomic E-state index is 11.9. The van der Waals surface area contributed by atoms with Gasteiger partial charge in [0, 0.05) is 37.5 Å². The quantitative estimate of drug-likeness (QED) is 0.721. The van der Waals surface area contributed by atoms with Gasteiger partial charge in [0.2, 0.25) is 5.91 Å². The molecule has 0 radical (unpaired) electrons. The van der Waals surface area contributed by atoms with Crippen molar-refractivity contribution in [2.45, 2.75) is 40.0 Å². The second kappa shape index (κ2) is 7.98. The smallest absolute Gasteiger partial charge is 0.244 e. The molecular formula is C16H27N3O2. The Labute approximate surface area is 127 Å². The van der Waals surface area contributed by atoms with E-state index in [0.29, 0.717) is 13.0 Å². The monoisotopic (exact) mass is 293 g/mol. The topological polar surface area (TPSA) is 67.2 Å². The first kappa shape index (κ1) is 17.4. The molecule has 1 rings (SSSR count). The van der Waals surface area contributed by atoms with E-state index in [1.807, 2.05) is 14.0 Å². The lowest BCUT2D eigenvalue weighted by molar-refractivity contribution is -0.117. The van der Waals surface area contributed by atoms with Crippen molar-refractivity contribution in [2.24, 2.45) is 12.5 Å². The Bertz CT molecular complexity index is 488. The van der Waals surface area contributed by atoms with Crippen LogP contribution in [0.3, 0.4) is 0 Å². The van der Waals surface area contributed by atoms with Crippen molar-refractivity contribution in [1.82, 2.24) is 15.1 Å². The number of nitrogens with one attached hydrogen (secondary N) is 1. The largest absolute Gasteiger partial charge is 0.396 e. The normalized spacial score (nSPS) is 12.0. The van der Waals surface area contributed by atoms with E-state index in [4.69, 9.17) is 0 Å². The second-order valence-corrected chi connectivity index (χ2v) is 5.54. The zero-order valence-corrected chi connectivity index (χ0v) is 13.5. The molecule has 0 saturated carbocycles. The summed E-state index contributed by atoms with van der Waals surface area (Å²) in [5, 5.41) is 16.3. The van der Waals surface area contributed by atoms with E-state index < -0.39 is 0 Å². The van der Waals surface area contributed by atoms with Crippen molar-refractivity contribution >= 4 is 12.0 Å². The maximum Gasteiger partial charge on any atom is 0.244 e. The number of aliphatic hydroxyl groups is 1. The predicted octanol–water partition coefficient (Wildman–Crippen LogP) is 2.05. The molecule has 1 aromatic rings. The minimum absolute atomic E-state index is 0.0114. The Morgan fingerprint density at radius 1 is 1.48 bits per heavy atom. The SMILES string of the molecule is CCC(CC)(CCO)CNC(=O)/C=C/c1cnn(C)c1C. The fourth-order valence-corrected chi connectivity index (χ4v) is 2.36. The molecule has 0 unspecified atom stereocenters. The van der Waals surface area contributed by atoms with Gasteiger partial charge in [-0.3, -0.25) is 9.48 Å². The number of aryl methyl sites for hydroxylation is 1. The molecule has 5 heteroatoms. The van der Waals surface area contributed by atoms with E-state index in [0.717, 1.165) is 24.1 Å². The average Bonchev–Trinajstić information content (AvgIpc) is 2.81. The summed E-state index contributed by atoms with van der Waals surface area (Å²) >= 11 is 0. The third kappa shape index (κ3) is 4.70. The van der Waals surface area contributed by atoms with Crippen molar-refractivity contribution in [2.75, 3.05) is 13.2 Å². The fourth-order valence-electron chi connectivity index (χ4n) is 2.36. The zero-order valence-electron chi connectivity index (χ0n) is 13.5. The number of carbonyl (C=O) groups is 1. The van der Waals surface area contributed by atoms with Gasteiger partial charge >= 0.3 is 0 Å². The molecule has 0 aliphatic carbocycles. The molecule has 0 spiro atoms. The number of rotatable bonds is 8. The molecule has 21 heavy (non-hydrogen) atoms. The Morgan fingerprint density at radius 3 is 2.62 bits per heavy atom.